The summed E-state index contributed by atoms with van der Waals surface area (Å²) in [5.41, 5.74) is 0.287. The molecule has 98 valence electrons. The number of thioether (sulfide) groups is 1. The highest BCUT2D eigenvalue weighted by Crippen LogP contribution is 2.28. The SMILES string of the molecule is CNC(=O)c1cc(SC(C(=O)O)C(C)C)ccn1. The van der Waals surface area contributed by atoms with Crippen LogP contribution in [0.3, 0.4) is 0 Å². The van der Waals surface area contributed by atoms with Crippen LogP contribution in [0, 0.1) is 5.92 Å². The molecule has 1 aromatic heterocycles. The molecular weight excluding hydrogens is 252 g/mol. The summed E-state index contributed by atoms with van der Waals surface area (Å²) < 4.78 is 0. The standard InChI is InChI=1S/C12H16N2O3S/c1-7(2)10(12(16)17)18-8-4-5-14-9(6-8)11(15)13-3/h4-7,10H,1-3H3,(H,13,15)(H,16,17). The number of aromatic nitrogens is 1. The molecule has 1 amide bonds. The number of amides is 1. The normalized spacial score (nSPS) is 12.2. The van der Waals surface area contributed by atoms with E-state index in [1.165, 1.54) is 25.0 Å². The summed E-state index contributed by atoms with van der Waals surface area (Å²) >= 11 is 1.23. The fourth-order valence-corrected chi connectivity index (χ4v) is 2.34. The van der Waals surface area contributed by atoms with Gasteiger partial charge in [0.1, 0.15) is 10.9 Å². The summed E-state index contributed by atoms with van der Waals surface area (Å²) in [5, 5.41) is 11.1. The minimum absolute atomic E-state index is 0.00381. The number of carbonyl (C=O) groups is 2. The molecule has 0 fully saturated rings. The van der Waals surface area contributed by atoms with Gasteiger partial charge in [-0.15, -0.1) is 11.8 Å². The van der Waals surface area contributed by atoms with Gasteiger partial charge in [0.15, 0.2) is 0 Å². The van der Waals surface area contributed by atoms with E-state index in [0.717, 1.165) is 4.90 Å². The fourth-order valence-electron chi connectivity index (χ4n) is 1.35. The van der Waals surface area contributed by atoms with Crippen LogP contribution < -0.4 is 5.32 Å². The maximum Gasteiger partial charge on any atom is 0.317 e. The lowest BCUT2D eigenvalue weighted by Crippen LogP contribution is -2.22. The molecule has 2 N–H and O–H groups in total. The van der Waals surface area contributed by atoms with Crippen molar-refractivity contribution in [3.05, 3.63) is 24.0 Å². The lowest BCUT2D eigenvalue weighted by atomic mass is 10.1. The Morgan fingerprint density at radius 3 is 2.61 bits per heavy atom. The van der Waals surface area contributed by atoms with Crippen LogP contribution in [0.1, 0.15) is 24.3 Å². The molecular formula is C12H16N2O3S. The van der Waals surface area contributed by atoms with Gasteiger partial charge in [-0.1, -0.05) is 13.8 Å². The molecule has 1 rings (SSSR count). The van der Waals surface area contributed by atoms with Crippen LogP contribution in [0.25, 0.3) is 0 Å². The van der Waals surface area contributed by atoms with Gasteiger partial charge in [-0.05, 0) is 18.1 Å². The molecule has 1 heterocycles. The Hall–Kier alpha value is -1.56. The number of carbonyl (C=O) groups excluding carboxylic acids is 1. The number of carboxylic acid groups (broad SMARTS) is 1. The Balaban J connectivity index is 2.90. The average molecular weight is 268 g/mol. The van der Waals surface area contributed by atoms with Crippen LogP contribution >= 0.6 is 11.8 Å². The van der Waals surface area contributed by atoms with Gasteiger partial charge in [0.05, 0.1) is 0 Å². The van der Waals surface area contributed by atoms with E-state index in [4.69, 9.17) is 5.11 Å². The lowest BCUT2D eigenvalue weighted by molar-refractivity contribution is -0.137. The number of rotatable bonds is 5. The van der Waals surface area contributed by atoms with Crippen molar-refractivity contribution in [2.24, 2.45) is 5.92 Å². The van der Waals surface area contributed by atoms with Crippen LogP contribution in [0.15, 0.2) is 23.2 Å². The van der Waals surface area contributed by atoms with Crippen molar-refractivity contribution in [1.82, 2.24) is 10.3 Å². The van der Waals surface area contributed by atoms with E-state index in [-0.39, 0.29) is 17.5 Å². The number of nitrogens with zero attached hydrogens (tertiary/aromatic N) is 1. The van der Waals surface area contributed by atoms with E-state index in [9.17, 15) is 9.59 Å². The molecule has 0 aromatic carbocycles. The van der Waals surface area contributed by atoms with E-state index in [1.54, 1.807) is 12.1 Å². The van der Waals surface area contributed by atoms with Crippen molar-refractivity contribution < 1.29 is 14.7 Å². The Bertz CT molecular complexity index is 449. The highest BCUT2D eigenvalue weighted by Gasteiger charge is 2.23. The van der Waals surface area contributed by atoms with Gasteiger partial charge < -0.3 is 10.4 Å². The number of hydrogen-bond donors (Lipinski definition) is 2. The number of carboxylic acids is 1. The van der Waals surface area contributed by atoms with Gasteiger partial charge in [-0.3, -0.25) is 14.6 Å². The van der Waals surface area contributed by atoms with Gasteiger partial charge >= 0.3 is 5.97 Å². The second kappa shape index (κ2) is 6.39. The molecule has 0 aliphatic carbocycles. The summed E-state index contributed by atoms with van der Waals surface area (Å²) in [4.78, 5) is 27.2. The van der Waals surface area contributed by atoms with E-state index in [1.807, 2.05) is 13.8 Å². The summed E-state index contributed by atoms with van der Waals surface area (Å²) in [6.07, 6.45) is 1.51. The van der Waals surface area contributed by atoms with Gasteiger partial charge in [-0.2, -0.15) is 0 Å². The summed E-state index contributed by atoms with van der Waals surface area (Å²) in [6.45, 7) is 3.71. The van der Waals surface area contributed by atoms with Crippen molar-refractivity contribution in [1.29, 1.82) is 0 Å². The Morgan fingerprint density at radius 2 is 2.11 bits per heavy atom. The third-order valence-electron chi connectivity index (χ3n) is 2.30. The van der Waals surface area contributed by atoms with Crippen LogP contribution in [-0.4, -0.2) is 34.3 Å². The van der Waals surface area contributed by atoms with E-state index in [0.29, 0.717) is 0 Å². The highest BCUT2D eigenvalue weighted by atomic mass is 32.2. The third kappa shape index (κ3) is 3.73. The topological polar surface area (TPSA) is 79.3 Å². The zero-order chi connectivity index (χ0) is 13.7. The minimum atomic E-state index is -0.853. The molecule has 1 unspecified atom stereocenters. The van der Waals surface area contributed by atoms with Crippen molar-refractivity contribution in [3.8, 4) is 0 Å². The molecule has 0 spiro atoms. The van der Waals surface area contributed by atoms with Crippen LogP contribution in [0.5, 0.6) is 0 Å². The molecule has 0 saturated carbocycles. The first-order chi connectivity index (χ1) is 8.45. The molecule has 0 saturated heterocycles. The first-order valence-electron chi connectivity index (χ1n) is 5.53. The number of hydrogen-bond acceptors (Lipinski definition) is 4. The first kappa shape index (κ1) is 14.5. The number of nitrogens with one attached hydrogen (secondary N) is 1. The summed E-state index contributed by atoms with van der Waals surface area (Å²) in [7, 11) is 1.53. The molecule has 1 atom stereocenters. The van der Waals surface area contributed by atoms with Gasteiger partial charge in [0.25, 0.3) is 5.91 Å². The van der Waals surface area contributed by atoms with Crippen molar-refractivity contribution in [2.75, 3.05) is 7.05 Å². The van der Waals surface area contributed by atoms with Crippen molar-refractivity contribution in [2.45, 2.75) is 24.0 Å². The van der Waals surface area contributed by atoms with Gasteiger partial charge in [0, 0.05) is 18.1 Å². The number of pyridine rings is 1. The molecule has 0 aliphatic rings. The molecule has 0 radical (unpaired) electrons. The molecule has 0 bridgehead atoms. The Kier molecular flexibility index (Phi) is 5.15. The molecule has 6 heteroatoms. The Morgan fingerprint density at radius 1 is 1.44 bits per heavy atom. The summed E-state index contributed by atoms with van der Waals surface area (Å²) in [5.74, 6) is -1.13. The third-order valence-corrected chi connectivity index (χ3v) is 3.83. The first-order valence-corrected chi connectivity index (χ1v) is 6.41. The van der Waals surface area contributed by atoms with Crippen LogP contribution in [0.2, 0.25) is 0 Å². The largest absolute Gasteiger partial charge is 0.480 e. The maximum atomic E-state index is 11.4. The predicted molar refractivity (Wildman–Crippen MR) is 69.7 cm³/mol. The average Bonchev–Trinajstić information content (AvgIpc) is 2.34. The minimum Gasteiger partial charge on any atom is -0.480 e. The molecule has 18 heavy (non-hydrogen) atoms. The molecule has 1 aromatic rings. The second-order valence-electron chi connectivity index (χ2n) is 4.08. The monoisotopic (exact) mass is 268 g/mol. The summed E-state index contributed by atoms with van der Waals surface area (Å²) in [6, 6.07) is 3.30. The van der Waals surface area contributed by atoms with E-state index >= 15 is 0 Å². The molecule has 5 nitrogen and oxygen atoms in total. The van der Waals surface area contributed by atoms with Crippen molar-refractivity contribution >= 4 is 23.6 Å². The van der Waals surface area contributed by atoms with Crippen molar-refractivity contribution in [3.63, 3.8) is 0 Å². The maximum absolute atomic E-state index is 11.4. The molecule has 0 aliphatic heterocycles. The fraction of sp³-hybridized carbons (Fsp3) is 0.417. The van der Waals surface area contributed by atoms with E-state index in [2.05, 4.69) is 10.3 Å². The Labute approximate surface area is 110 Å². The van der Waals surface area contributed by atoms with Crippen LogP contribution in [-0.2, 0) is 4.79 Å². The zero-order valence-corrected chi connectivity index (χ0v) is 11.3. The van der Waals surface area contributed by atoms with E-state index < -0.39 is 11.2 Å². The lowest BCUT2D eigenvalue weighted by Gasteiger charge is -2.15. The highest BCUT2D eigenvalue weighted by molar-refractivity contribution is 8.00. The van der Waals surface area contributed by atoms with Gasteiger partial charge in [0.2, 0.25) is 0 Å². The van der Waals surface area contributed by atoms with Crippen LogP contribution in [0.4, 0.5) is 0 Å². The number of aliphatic carboxylic acids is 1. The zero-order valence-electron chi connectivity index (χ0n) is 10.5. The van der Waals surface area contributed by atoms with Gasteiger partial charge in [-0.25, -0.2) is 0 Å². The smallest absolute Gasteiger partial charge is 0.317 e. The second-order valence-corrected chi connectivity index (χ2v) is 5.29. The quantitative estimate of drug-likeness (QED) is 0.794. The predicted octanol–water partition coefficient (Wildman–Crippen LogP) is 1.64.